The van der Waals surface area contributed by atoms with Gasteiger partial charge in [0.1, 0.15) is 53.0 Å². The van der Waals surface area contributed by atoms with Crippen LogP contribution in [0.5, 0.6) is 40.2 Å². The van der Waals surface area contributed by atoms with E-state index in [2.05, 4.69) is 15.0 Å². The summed E-state index contributed by atoms with van der Waals surface area (Å²) < 4.78 is 55.0. The van der Waals surface area contributed by atoms with Crippen molar-refractivity contribution in [2.75, 3.05) is 26.1 Å². The Bertz CT molecular complexity index is 2410. The highest BCUT2D eigenvalue weighted by Gasteiger charge is 2.50. The van der Waals surface area contributed by atoms with E-state index in [1.54, 1.807) is 0 Å². The van der Waals surface area contributed by atoms with Crippen LogP contribution < -0.4 is 24.7 Å². The highest BCUT2D eigenvalue weighted by atomic mass is 31.2. The summed E-state index contributed by atoms with van der Waals surface area (Å²) in [5.74, 6) is -1.81. The van der Waals surface area contributed by atoms with E-state index in [1.165, 1.54) is 60.7 Å². The SMILES string of the molecule is COc1cc(C2Oc3cc([C@H]4Oc5cc(O)cc(O)c5C(=O)[C@@H]4O)ccc3OC2COP(=O)(O)O[C@H]2[C@@H](O)[C@H](n3cnc4c(N)ncnc43)O[C@@H]2CO)ccc1O. The Morgan fingerprint density at radius 1 is 0.895 bits per heavy atom. The molecule has 3 aliphatic rings. The van der Waals surface area contributed by atoms with Crippen LogP contribution in [0.25, 0.3) is 11.2 Å². The number of nitrogens with zero attached hydrogens (tertiary/aromatic N) is 4. The Morgan fingerprint density at radius 3 is 2.42 bits per heavy atom. The predicted octanol–water partition coefficient (Wildman–Crippen LogP) is 1.55. The first-order valence-corrected chi connectivity index (χ1v) is 18.6. The Hall–Kier alpha value is -5.77. The summed E-state index contributed by atoms with van der Waals surface area (Å²) in [7, 11) is -3.76. The summed E-state index contributed by atoms with van der Waals surface area (Å²) in [6, 6.07) is 10.7. The third kappa shape index (κ3) is 6.89. The second-order valence-electron chi connectivity index (χ2n) is 13.2. The number of hydrogen-bond acceptors (Lipinski definition) is 19. The average Bonchev–Trinajstić information content (AvgIpc) is 3.75. The van der Waals surface area contributed by atoms with Gasteiger partial charge in [0.05, 0.1) is 26.7 Å². The molecule has 5 heterocycles. The van der Waals surface area contributed by atoms with E-state index in [1.807, 2.05) is 0 Å². The molecule has 3 aliphatic heterocycles. The van der Waals surface area contributed by atoms with Crippen LogP contribution in [0.15, 0.2) is 61.2 Å². The number of ether oxygens (including phenoxy) is 5. The van der Waals surface area contributed by atoms with Gasteiger partial charge in [-0.2, -0.15) is 0 Å². The lowest BCUT2D eigenvalue weighted by Gasteiger charge is -2.36. The summed E-state index contributed by atoms with van der Waals surface area (Å²) in [5, 5.41) is 62.6. The number of carbonyl (C=O) groups excluding carboxylic acids is 1. The lowest BCUT2D eigenvalue weighted by Crippen LogP contribution is -2.38. The number of fused-ring (bicyclic) bond motifs is 3. The number of aromatic nitrogens is 4. The van der Waals surface area contributed by atoms with Crippen molar-refractivity contribution in [1.82, 2.24) is 19.5 Å². The number of rotatable bonds is 10. The monoisotopic (exact) mass is 811 g/mol. The van der Waals surface area contributed by atoms with Crippen LogP contribution in [0.2, 0.25) is 0 Å². The van der Waals surface area contributed by atoms with Gasteiger partial charge in [0, 0.05) is 17.7 Å². The van der Waals surface area contributed by atoms with Crippen molar-refractivity contribution in [1.29, 1.82) is 0 Å². The van der Waals surface area contributed by atoms with Crippen LogP contribution in [0.4, 0.5) is 5.82 Å². The van der Waals surface area contributed by atoms with Gasteiger partial charge in [-0.25, -0.2) is 19.5 Å². The van der Waals surface area contributed by atoms with Gasteiger partial charge >= 0.3 is 7.82 Å². The zero-order chi connectivity index (χ0) is 40.3. The van der Waals surface area contributed by atoms with Crippen molar-refractivity contribution in [2.24, 2.45) is 0 Å². The van der Waals surface area contributed by atoms with Crippen molar-refractivity contribution in [3.05, 3.63) is 77.9 Å². The Labute approximate surface area is 320 Å². The van der Waals surface area contributed by atoms with E-state index in [9.17, 15) is 44.9 Å². The number of phosphoric ester groups is 1. The third-order valence-corrected chi connectivity index (χ3v) is 10.6. The maximum Gasteiger partial charge on any atom is 0.472 e. The minimum Gasteiger partial charge on any atom is -0.508 e. The highest BCUT2D eigenvalue weighted by molar-refractivity contribution is 7.47. The second-order valence-corrected chi connectivity index (χ2v) is 14.6. The molecule has 22 heteroatoms. The molecule has 0 radical (unpaired) electrons. The number of methoxy groups -OCH3 is 1. The molecular weight excluding hydrogens is 777 g/mol. The molecule has 9 atom stereocenters. The molecule has 2 aromatic heterocycles. The van der Waals surface area contributed by atoms with Crippen LogP contribution in [0.3, 0.4) is 0 Å². The lowest BCUT2D eigenvalue weighted by atomic mass is 9.92. The number of ketones is 1. The average molecular weight is 812 g/mol. The number of phenolic OH excluding ortho intramolecular Hbond substituents is 3. The molecule has 57 heavy (non-hydrogen) atoms. The second kappa shape index (κ2) is 14.6. The standard InChI is InChI=1S/C35H34N5O16P/c1-50-20-6-14(2-4-17(20)43)30-24(52-19-5-3-15(7-21(19)53-30)31-28(46)27(45)25-18(44)8-16(42)9-22(25)54-31)11-51-57(48,49)56-32-23(10-41)55-35(29(32)47)40-13-39-26-33(36)37-12-38-34(26)40/h2-9,12-13,23-24,28-32,35,41-44,46-47H,10-11H2,1H3,(H,48,49)(H2,36,37,38)/t23-,24?,28+,29-,30?,31-,32-,35-/m1/s1. The minimum absolute atomic E-state index is 0.0635. The van der Waals surface area contributed by atoms with Crippen LogP contribution in [0.1, 0.15) is 39.9 Å². The van der Waals surface area contributed by atoms with Crippen LogP contribution in [0, 0.1) is 0 Å². The van der Waals surface area contributed by atoms with Crippen molar-refractivity contribution in [3.8, 4) is 40.2 Å². The Balaban J connectivity index is 1.04. The number of aromatic hydroxyl groups is 3. The quantitative estimate of drug-likeness (QED) is 0.0928. The van der Waals surface area contributed by atoms with Gasteiger partial charge in [-0.1, -0.05) is 12.1 Å². The van der Waals surface area contributed by atoms with E-state index >= 15 is 0 Å². The summed E-state index contributed by atoms with van der Waals surface area (Å²) in [4.78, 5) is 36.1. The van der Waals surface area contributed by atoms with Gasteiger partial charge in [-0.3, -0.25) is 18.4 Å². The normalized spacial score (nSPS) is 26.4. The molecule has 5 aromatic rings. The summed E-state index contributed by atoms with van der Waals surface area (Å²) in [6.45, 7) is -1.38. The van der Waals surface area contributed by atoms with Crippen LogP contribution in [-0.2, 0) is 18.3 Å². The van der Waals surface area contributed by atoms with Gasteiger partial charge in [0.2, 0.25) is 5.78 Å². The zero-order valence-corrected chi connectivity index (χ0v) is 30.3. The smallest absolute Gasteiger partial charge is 0.472 e. The van der Waals surface area contributed by atoms with E-state index < -0.39 is 81.5 Å². The molecular formula is C35H34N5O16P. The molecule has 0 bridgehead atoms. The van der Waals surface area contributed by atoms with Gasteiger partial charge in [-0.05, 0) is 29.8 Å². The largest absolute Gasteiger partial charge is 0.508 e. The summed E-state index contributed by atoms with van der Waals surface area (Å²) in [5.41, 5.74) is 6.57. The van der Waals surface area contributed by atoms with Crippen LogP contribution >= 0.6 is 7.82 Å². The first kappa shape index (κ1) is 38.1. The van der Waals surface area contributed by atoms with Gasteiger partial charge in [0.25, 0.3) is 0 Å². The predicted molar refractivity (Wildman–Crippen MR) is 190 cm³/mol. The van der Waals surface area contributed by atoms with Gasteiger partial charge in [0.15, 0.2) is 65.1 Å². The molecule has 8 rings (SSSR count). The zero-order valence-electron chi connectivity index (χ0n) is 29.4. The fourth-order valence-corrected chi connectivity index (χ4v) is 7.87. The molecule has 0 saturated carbocycles. The van der Waals surface area contributed by atoms with Crippen molar-refractivity contribution in [3.63, 3.8) is 0 Å². The van der Waals surface area contributed by atoms with E-state index in [4.69, 9.17) is 38.5 Å². The Kier molecular flexibility index (Phi) is 9.78. The number of aliphatic hydroxyl groups is 3. The third-order valence-electron chi connectivity index (χ3n) is 9.63. The van der Waals surface area contributed by atoms with Gasteiger partial charge < -0.3 is 65.0 Å². The lowest BCUT2D eigenvalue weighted by molar-refractivity contribution is -0.0520. The van der Waals surface area contributed by atoms with E-state index in [0.29, 0.717) is 5.56 Å². The summed E-state index contributed by atoms with van der Waals surface area (Å²) >= 11 is 0. The molecule has 0 aliphatic carbocycles. The Morgan fingerprint density at radius 2 is 1.65 bits per heavy atom. The molecule has 1 fully saturated rings. The maximum absolute atomic E-state index is 13.5. The number of phenols is 3. The highest BCUT2D eigenvalue weighted by Crippen LogP contribution is 2.51. The molecule has 3 aromatic carbocycles. The number of imidazole rings is 1. The number of benzene rings is 3. The maximum atomic E-state index is 13.5. The number of aliphatic hydroxyl groups excluding tert-OH is 3. The van der Waals surface area contributed by atoms with Gasteiger partial charge in [-0.15, -0.1) is 0 Å². The fraction of sp³-hybridized carbons (Fsp3) is 0.314. The van der Waals surface area contributed by atoms with Crippen LogP contribution in [-0.4, -0.2) is 112 Å². The molecule has 0 amide bonds. The van der Waals surface area contributed by atoms with Crippen molar-refractivity contribution in [2.45, 2.75) is 49.0 Å². The molecule has 3 unspecified atom stereocenters. The minimum atomic E-state index is -5.09. The number of Topliss-reactive ketones (excluding diaryl/α,β-unsaturated/α-hetero) is 1. The molecule has 21 nitrogen and oxygen atoms in total. The first-order valence-electron chi connectivity index (χ1n) is 17.1. The fourth-order valence-electron chi connectivity index (χ4n) is 6.90. The molecule has 300 valence electrons. The number of hydrogen-bond donors (Lipinski definition) is 8. The first-order chi connectivity index (χ1) is 27.3. The number of anilines is 1. The molecule has 0 spiro atoms. The van der Waals surface area contributed by atoms with Crippen molar-refractivity contribution < 1.29 is 77.6 Å². The summed E-state index contributed by atoms with van der Waals surface area (Å²) in [6.07, 6.45) is -8.73. The van der Waals surface area contributed by atoms with Crippen molar-refractivity contribution >= 4 is 30.6 Å². The molecule has 1 saturated heterocycles. The number of nitrogens with two attached hydrogens (primary N) is 1. The number of nitrogen functional groups attached to an aromatic ring is 1. The topological polar surface area (TPSA) is 310 Å². The van der Waals surface area contributed by atoms with E-state index in [0.717, 1.165) is 12.1 Å². The molecule has 9 N–H and O–H groups in total. The number of carbonyl (C=O) groups is 1. The van der Waals surface area contributed by atoms with E-state index in [-0.39, 0.29) is 62.6 Å². The number of phosphoric acid groups is 1.